The van der Waals surface area contributed by atoms with Crippen molar-refractivity contribution >= 4 is 16.3 Å². The molecule has 4 nitrogen and oxygen atoms in total. The van der Waals surface area contributed by atoms with Gasteiger partial charge in [0.05, 0.1) is 11.4 Å². The predicted molar refractivity (Wildman–Crippen MR) is 95.7 cm³/mol. The third kappa shape index (κ3) is 2.80. The zero-order valence-electron chi connectivity index (χ0n) is 13.4. The fourth-order valence-corrected chi connectivity index (χ4v) is 4.12. The number of hydrogen-bond donors (Lipinski definition) is 1. The summed E-state index contributed by atoms with van der Waals surface area (Å²) in [6.45, 7) is 6.08. The van der Waals surface area contributed by atoms with E-state index in [0.717, 1.165) is 36.8 Å². The highest BCUT2D eigenvalue weighted by atomic mass is 32.1. The van der Waals surface area contributed by atoms with Gasteiger partial charge in [-0.25, -0.2) is 4.98 Å². The number of aryl methyl sites for hydroxylation is 1. The Morgan fingerprint density at radius 2 is 2.13 bits per heavy atom. The van der Waals surface area contributed by atoms with Gasteiger partial charge in [-0.05, 0) is 32.4 Å². The van der Waals surface area contributed by atoms with E-state index in [9.17, 15) is 0 Å². The second kappa shape index (κ2) is 6.07. The van der Waals surface area contributed by atoms with Gasteiger partial charge in [0, 0.05) is 30.2 Å². The van der Waals surface area contributed by atoms with E-state index in [1.807, 2.05) is 0 Å². The van der Waals surface area contributed by atoms with E-state index in [1.165, 1.54) is 23.2 Å². The van der Waals surface area contributed by atoms with Crippen LogP contribution >= 0.6 is 11.3 Å². The number of thiazole rings is 1. The minimum atomic E-state index is 0.642. The maximum atomic E-state index is 5.84. The number of hydrogen-bond acceptors (Lipinski definition) is 4. The first-order valence-corrected chi connectivity index (χ1v) is 9.06. The smallest absolute Gasteiger partial charge is 0.194 e. The molecule has 3 heterocycles. The van der Waals surface area contributed by atoms with Crippen LogP contribution in [0.25, 0.3) is 16.2 Å². The van der Waals surface area contributed by atoms with Gasteiger partial charge in [-0.3, -0.25) is 9.30 Å². The van der Waals surface area contributed by atoms with E-state index in [2.05, 4.69) is 52.1 Å². The lowest BCUT2D eigenvalue weighted by molar-refractivity contribution is 0.313. The Balaban J connectivity index is 1.70. The molecular weight excluding hydrogens is 304 g/mol. The Morgan fingerprint density at radius 1 is 1.30 bits per heavy atom. The van der Waals surface area contributed by atoms with Crippen molar-refractivity contribution in [2.75, 3.05) is 19.6 Å². The Labute approximate surface area is 140 Å². The van der Waals surface area contributed by atoms with Crippen molar-refractivity contribution in [1.29, 1.82) is 0 Å². The van der Waals surface area contributed by atoms with Crippen LogP contribution in [0, 0.1) is 12.8 Å². The Hall–Kier alpha value is -1.69. The molecule has 0 bridgehead atoms. The fourth-order valence-electron chi connectivity index (χ4n) is 3.39. The molecule has 0 radical (unpaired) electrons. The van der Waals surface area contributed by atoms with Gasteiger partial charge >= 0.3 is 0 Å². The molecule has 2 aromatic heterocycles. The van der Waals surface area contributed by atoms with Gasteiger partial charge in [0.15, 0.2) is 4.96 Å². The van der Waals surface area contributed by atoms with Gasteiger partial charge < -0.3 is 5.73 Å². The first-order chi connectivity index (χ1) is 11.2. The molecule has 0 amide bonds. The summed E-state index contributed by atoms with van der Waals surface area (Å²) in [5.74, 6) is 0.642. The van der Waals surface area contributed by atoms with E-state index < -0.39 is 0 Å². The number of aromatic nitrogens is 2. The van der Waals surface area contributed by atoms with E-state index in [0.29, 0.717) is 5.92 Å². The normalized spacial score (nSPS) is 19.0. The second-order valence-corrected chi connectivity index (χ2v) is 7.33. The number of benzene rings is 1. The quantitative estimate of drug-likeness (QED) is 0.801. The Bertz CT molecular complexity index is 802. The van der Waals surface area contributed by atoms with Gasteiger partial charge in [-0.2, -0.15) is 0 Å². The van der Waals surface area contributed by atoms with Crippen molar-refractivity contribution in [3.05, 3.63) is 47.1 Å². The van der Waals surface area contributed by atoms with Crippen LogP contribution in [0.2, 0.25) is 0 Å². The fraction of sp³-hybridized carbons (Fsp3) is 0.389. The molecule has 5 heteroatoms. The molecule has 1 atom stereocenters. The van der Waals surface area contributed by atoms with Crippen molar-refractivity contribution < 1.29 is 0 Å². The molecular formula is C18H22N4S. The molecule has 4 rings (SSSR count). The van der Waals surface area contributed by atoms with Gasteiger partial charge in [0.1, 0.15) is 0 Å². The number of fused-ring (bicyclic) bond motifs is 1. The topological polar surface area (TPSA) is 46.6 Å². The zero-order chi connectivity index (χ0) is 15.8. The van der Waals surface area contributed by atoms with Crippen molar-refractivity contribution in [3.8, 4) is 11.3 Å². The van der Waals surface area contributed by atoms with E-state index >= 15 is 0 Å². The highest BCUT2D eigenvalue weighted by Gasteiger charge is 2.24. The molecule has 23 heavy (non-hydrogen) atoms. The molecule has 1 aliphatic heterocycles. The monoisotopic (exact) mass is 326 g/mol. The Morgan fingerprint density at radius 3 is 2.87 bits per heavy atom. The molecule has 0 aliphatic carbocycles. The van der Waals surface area contributed by atoms with Gasteiger partial charge in [0.2, 0.25) is 0 Å². The van der Waals surface area contributed by atoms with Crippen LogP contribution < -0.4 is 5.73 Å². The number of nitrogens with two attached hydrogens (primary N) is 1. The third-order valence-electron chi connectivity index (χ3n) is 4.76. The molecule has 0 unspecified atom stereocenters. The van der Waals surface area contributed by atoms with Crippen LogP contribution in [-0.2, 0) is 6.54 Å². The summed E-state index contributed by atoms with van der Waals surface area (Å²) in [6, 6.07) is 8.68. The Kier molecular flexibility index (Phi) is 3.93. The van der Waals surface area contributed by atoms with Crippen molar-refractivity contribution in [3.63, 3.8) is 0 Å². The molecule has 120 valence electrons. The molecule has 2 N–H and O–H groups in total. The molecule has 1 saturated heterocycles. The number of likely N-dealkylation sites (tertiary alicyclic amines) is 1. The highest BCUT2D eigenvalue weighted by Crippen LogP contribution is 2.29. The van der Waals surface area contributed by atoms with Crippen molar-refractivity contribution in [1.82, 2.24) is 14.3 Å². The summed E-state index contributed by atoms with van der Waals surface area (Å²) in [5, 5.41) is 2.11. The maximum absolute atomic E-state index is 5.84. The SMILES string of the molecule is Cc1ccc(-c2nc3sccn3c2CN2CC[C@@H](CN)C2)cc1. The van der Waals surface area contributed by atoms with Crippen LogP contribution in [0.15, 0.2) is 35.8 Å². The zero-order valence-corrected chi connectivity index (χ0v) is 14.2. The summed E-state index contributed by atoms with van der Waals surface area (Å²) in [5.41, 5.74) is 10.7. The average molecular weight is 326 g/mol. The summed E-state index contributed by atoms with van der Waals surface area (Å²) in [4.78, 5) is 8.47. The summed E-state index contributed by atoms with van der Waals surface area (Å²) >= 11 is 1.70. The molecule has 0 saturated carbocycles. The number of nitrogens with zero attached hydrogens (tertiary/aromatic N) is 3. The first-order valence-electron chi connectivity index (χ1n) is 8.18. The van der Waals surface area contributed by atoms with E-state index in [4.69, 9.17) is 10.7 Å². The molecule has 0 spiro atoms. The molecule has 1 aliphatic rings. The largest absolute Gasteiger partial charge is 0.330 e. The predicted octanol–water partition coefficient (Wildman–Crippen LogP) is 3.15. The lowest BCUT2D eigenvalue weighted by Crippen LogP contribution is -2.23. The second-order valence-electron chi connectivity index (χ2n) is 6.45. The van der Waals surface area contributed by atoms with Crippen LogP contribution in [0.3, 0.4) is 0 Å². The lowest BCUT2D eigenvalue weighted by Gasteiger charge is -2.16. The lowest BCUT2D eigenvalue weighted by atomic mass is 10.1. The van der Waals surface area contributed by atoms with E-state index in [1.54, 1.807) is 11.3 Å². The maximum Gasteiger partial charge on any atom is 0.194 e. The minimum Gasteiger partial charge on any atom is -0.330 e. The van der Waals surface area contributed by atoms with Gasteiger partial charge in [-0.1, -0.05) is 29.8 Å². The van der Waals surface area contributed by atoms with Crippen molar-refractivity contribution in [2.45, 2.75) is 19.9 Å². The number of rotatable bonds is 4. The van der Waals surface area contributed by atoms with Gasteiger partial charge in [0.25, 0.3) is 0 Å². The summed E-state index contributed by atoms with van der Waals surface area (Å²) < 4.78 is 2.25. The third-order valence-corrected chi connectivity index (χ3v) is 5.52. The van der Waals surface area contributed by atoms with Crippen molar-refractivity contribution in [2.24, 2.45) is 11.7 Å². The average Bonchev–Trinajstić information content (AvgIpc) is 3.26. The highest BCUT2D eigenvalue weighted by molar-refractivity contribution is 7.15. The summed E-state index contributed by atoms with van der Waals surface area (Å²) in [6.07, 6.45) is 3.35. The standard InChI is InChI=1S/C18H22N4S/c1-13-2-4-15(5-3-13)17-16(22-8-9-23-18(22)20-17)12-21-7-6-14(10-19)11-21/h2-5,8-9,14H,6-7,10-12,19H2,1H3/t14-/m0/s1. The van der Waals surface area contributed by atoms with Crippen LogP contribution in [0.4, 0.5) is 0 Å². The van der Waals surface area contributed by atoms with Gasteiger partial charge in [-0.15, -0.1) is 11.3 Å². The van der Waals surface area contributed by atoms with Crippen LogP contribution in [0.5, 0.6) is 0 Å². The molecule has 1 aromatic carbocycles. The van der Waals surface area contributed by atoms with E-state index in [-0.39, 0.29) is 0 Å². The van der Waals surface area contributed by atoms with Crippen LogP contribution in [0.1, 0.15) is 17.7 Å². The summed E-state index contributed by atoms with van der Waals surface area (Å²) in [7, 11) is 0. The first kappa shape index (κ1) is 14.9. The number of imidazole rings is 1. The molecule has 1 fully saturated rings. The van der Waals surface area contributed by atoms with Crippen LogP contribution in [-0.4, -0.2) is 33.9 Å². The molecule has 3 aromatic rings. The minimum absolute atomic E-state index is 0.642.